The molecule has 60 valence electrons. The van der Waals surface area contributed by atoms with Gasteiger partial charge in [-0.1, -0.05) is 6.07 Å². The standard InChI is InChI=1S/C7H6F3N/c1-4-2-3-5(6(8)9)11-7(4)10/h2-3,6H,1H3. The molecule has 4 heteroatoms. The van der Waals surface area contributed by atoms with Crippen LogP contribution in [0.4, 0.5) is 13.2 Å². The van der Waals surface area contributed by atoms with Gasteiger partial charge in [0.2, 0.25) is 5.95 Å². The minimum Gasteiger partial charge on any atom is -0.219 e. The zero-order valence-electron chi connectivity index (χ0n) is 5.81. The van der Waals surface area contributed by atoms with Gasteiger partial charge in [0.05, 0.1) is 0 Å². The van der Waals surface area contributed by atoms with Gasteiger partial charge in [-0.2, -0.15) is 4.39 Å². The fourth-order valence-electron chi connectivity index (χ4n) is 0.639. The lowest BCUT2D eigenvalue weighted by molar-refractivity contribution is 0.144. The Morgan fingerprint density at radius 1 is 1.36 bits per heavy atom. The highest BCUT2D eigenvalue weighted by Crippen LogP contribution is 2.16. The molecule has 1 aromatic rings. The molecule has 0 amide bonds. The molecule has 0 aliphatic carbocycles. The number of nitrogens with zero attached hydrogens (tertiary/aromatic N) is 1. The van der Waals surface area contributed by atoms with Crippen LogP contribution in [0.25, 0.3) is 0 Å². The van der Waals surface area contributed by atoms with Gasteiger partial charge in [-0.3, -0.25) is 0 Å². The molecule has 11 heavy (non-hydrogen) atoms. The lowest BCUT2D eigenvalue weighted by Crippen LogP contribution is -1.94. The van der Waals surface area contributed by atoms with E-state index in [2.05, 4.69) is 4.98 Å². The largest absolute Gasteiger partial charge is 0.280 e. The van der Waals surface area contributed by atoms with Gasteiger partial charge in [0.1, 0.15) is 5.69 Å². The average molecular weight is 161 g/mol. The van der Waals surface area contributed by atoms with E-state index in [-0.39, 0.29) is 5.56 Å². The number of aromatic nitrogens is 1. The monoisotopic (exact) mass is 161 g/mol. The molecule has 0 radical (unpaired) electrons. The normalized spacial score (nSPS) is 10.6. The van der Waals surface area contributed by atoms with Crippen molar-refractivity contribution in [1.29, 1.82) is 0 Å². The second-order valence-corrected chi connectivity index (χ2v) is 2.14. The maximum Gasteiger partial charge on any atom is 0.280 e. The predicted molar refractivity (Wildman–Crippen MR) is 33.9 cm³/mol. The van der Waals surface area contributed by atoms with Crippen molar-refractivity contribution in [2.45, 2.75) is 13.3 Å². The van der Waals surface area contributed by atoms with E-state index in [9.17, 15) is 13.2 Å². The van der Waals surface area contributed by atoms with Gasteiger partial charge >= 0.3 is 0 Å². The number of alkyl halides is 2. The van der Waals surface area contributed by atoms with Crippen LogP contribution in [0.5, 0.6) is 0 Å². The minimum atomic E-state index is -2.70. The van der Waals surface area contributed by atoms with Crippen molar-refractivity contribution < 1.29 is 13.2 Å². The summed E-state index contributed by atoms with van der Waals surface area (Å²) in [4.78, 5) is 3.06. The summed E-state index contributed by atoms with van der Waals surface area (Å²) < 4.78 is 36.2. The Kier molecular flexibility index (Phi) is 2.12. The molecule has 1 rings (SSSR count). The number of halogens is 3. The average Bonchev–Trinajstić information content (AvgIpc) is 1.94. The molecule has 0 aliphatic heterocycles. The van der Waals surface area contributed by atoms with Crippen LogP contribution in [0.2, 0.25) is 0 Å². The van der Waals surface area contributed by atoms with Crippen molar-refractivity contribution in [3.63, 3.8) is 0 Å². The van der Waals surface area contributed by atoms with Gasteiger partial charge in [-0.15, -0.1) is 0 Å². The van der Waals surface area contributed by atoms with E-state index in [4.69, 9.17) is 0 Å². The summed E-state index contributed by atoms with van der Waals surface area (Å²) in [5.41, 5.74) is -0.248. The zero-order valence-corrected chi connectivity index (χ0v) is 5.81. The van der Waals surface area contributed by atoms with Gasteiger partial charge in [0, 0.05) is 5.56 Å². The fourth-order valence-corrected chi connectivity index (χ4v) is 0.639. The van der Waals surface area contributed by atoms with Crippen LogP contribution < -0.4 is 0 Å². The summed E-state index contributed by atoms with van der Waals surface area (Å²) in [5, 5.41) is 0. The fraction of sp³-hybridized carbons (Fsp3) is 0.286. The van der Waals surface area contributed by atoms with E-state index in [0.717, 1.165) is 6.07 Å². The van der Waals surface area contributed by atoms with Crippen molar-refractivity contribution >= 4 is 0 Å². The van der Waals surface area contributed by atoms with E-state index < -0.39 is 18.1 Å². The van der Waals surface area contributed by atoms with Crippen LogP contribution in [0, 0.1) is 12.9 Å². The summed E-state index contributed by atoms with van der Waals surface area (Å²) in [6.45, 7) is 1.47. The predicted octanol–water partition coefficient (Wildman–Crippen LogP) is 2.47. The first-order chi connectivity index (χ1) is 5.11. The lowest BCUT2D eigenvalue weighted by atomic mass is 10.3. The SMILES string of the molecule is Cc1ccc(C(F)F)nc1F. The first kappa shape index (κ1) is 8.04. The molecule has 0 aliphatic rings. The Labute approximate surface area is 61.9 Å². The first-order valence-corrected chi connectivity index (χ1v) is 3.02. The van der Waals surface area contributed by atoms with Crippen LogP contribution in [0.15, 0.2) is 12.1 Å². The second kappa shape index (κ2) is 2.90. The van der Waals surface area contributed by atoms with Gasteiger partial charge in [0.25, 0.3) is 6.43 Å². The Bertz CT molecular complexity index is 260. The van der Waals surface area contributed by atoms with Crippen LogP contribution in [0.3, 0.4) is 0 Å². The van der Waals surface area contributed by atoms with Crippen molar-refractivity contribution in [3.05, 3.63) is 29.3 Å². The van der Waals surface area contributed by atoms with Gasteiger partial charge in [-0.25, -0.2) is 13.8 Å². The highest BCUT2D eigenvalue weighted by Gasteiger charge is 2.09. The van der Waals surface area contributed by atoms with Gasteiger partial charge in [0.15, 0.2) is 0 Å². The van der Waals surface area contributed by atoms with E-state index in [1.54, 1.807) is 0 Å². The smallest absolute Gasteiger partial charge is 0.219 e. The molecule has 0 saturated heterocycles. The highest BCUT2D eigenvalue weighted by molar-refractivity contribution is 5.14. The Morgan fingerprint density at radius 3 is 2.45 bits per heavy atom. The molecule has 0 N–H and O–H groups in total. The van der Waals surface area contributed by atoms with Crippen LogP contribution in [0.1, 0.15) is 17.7 Å². The molecule has 0 fully saturated rings. The quantitative estimate of drug-likeness (QED) is 0.576. The molecule has 1 heterocycles. The molecule has 0 bridgehead atoms. The topological polar surface area (TPSA) is 12.9 Å². The Hall–Kier alpha value is -1.06. The third-order valence-corrected chi connectivity index (χ3v) is 1.28. The van der Waals surface area contributed by atoms with Crippen LogP contribution in [-0.2, 0) is 0 Å². The Morgan fingerprint density at radius 2 is 2.00 bits per heavy atom. The van der Waals surface area contributed by atoms with Crippen molar-refractivity contribution in [1.82, 2.24) is 4.98 Å². The van der Waals surface area contributed by atoms with Crippen molar-refractivity contribution in [2.75, 3.05) is 0 Å². The van der Waals surface area contributed by atoms with Crippen LogP contribution in [-0.4, -0.2) is 4.98 Å². The maximum absolute atomic E-state index is 12.5. The molecule has 0 spiro atoms. The summed E-state index contributed by atoms with van der Waals surface area (Å²) in [6, 6.07) is 2.40. The number of rotatable bonds is 1. The number of pyridine rings is 1. The third kappa shape index (κ3) is 1.69. The van der Waals surface area contributed by atoms with E-state index in [0.29, 0.717) is 0 Å². The summed E-state index contributed by atoms with van der Waals surface area (Å²) in [5.74, 6) is -0.831. The molecule has 0 saturated carbocycles. The minimum absolute atomic E-state index is 0.273. The van der Waals surface area contributed by atoms with E-state index in [1.165, 1.54) is 13.0 Å². The van der Waals surface area contributed by atoms with Gasteiger partial charge in [-0.05, 0) is 13.0 Å². The maximum atomic E-state index is 12.5. The molecule has 0 aromatic carbocycles. The van der Waals surface area contributed by atoms with E-state index >= 15 is 0 Å². The molecular formula is C7H6F3N. The van der Waals surface area contributed by atoms with Crippen molar-refractivity contribution in [2.24, 2.45) is 0 Å². The molecule has 1 aromatic heterocycles. The second-order valence-electron chi connectivity index (χ2n) is 2.14. The van der Waals surface area contributed by atoms with Gasteiger partial charge < -0.3 is 0 Å². The molecule has 0 unspecified atom stereocenters. The molecule has 0 atom stereocenters. The lowest BCUT2D eigenvalue weighted by Gasteiger charge is -1.99. The van der Waals surface area contributed by atoms with E-state index in [1.807, 2.05) is 0 Å². The molecular weight excluding hydrogens is 155 g/mol. The third-order valence-electron chi connectivity index (χ3n) is 1.28. The molecule has 1 nitrogen and oxygen atoms in total. The highest BCUT2D eigenvalue weighted by atomic mass is 19.3. The Balaban J connectivity index is 3.05. The number of hydrogen-bond donors (Lipinski definition) is 0. The summed E-state index contributed by atoms with van der Waals surface area (Å²) in [6.07, 6.45) is -2.70. The zero-order chi connectivity index (χ0) is 8.43. The van der Waals surface area contributed by atoms with Crippen LogP contribution >= 0.6 is 0 Å². The number of hydrogen-bond acceptors (Lipinski definition) is 1. The summed E-state index contributed by atoms with van der Waals surface area (Å²) in [7, 11) is 0. The number of aryl methyl sites for hydroxylation is 1. The first-order valence-electron chi connectivity index (χ1n) is 3.02. The van der Waals surface area contributed by atoms with Crippen molar-refractivity contribution in [3.8, 4) is 0 Å². The summed E-state index contributed by atoms with van der Waals surface area (Å²) >= 11 is 0.